The van der Waals surface area contributed by atoms with Gasteiger partial charge in [-0.2, -0.15) is 0 Å². The molecule has 0 aliphatic rings. The van der Waals surface area contributed by atoms with Crippen LogP contribution >= 0.6 is 11.3 Å². The molecule has 0 bridgehead atoms. The molecule has 53 valence electrons. The van der Waals surface area contributed by atoms with Gasteiger partial charge in [0.1, 0.15) is 0 Å². The van der Waals surface area contributed by atoms with Crippen molar-refractivity contribution in [2.75, 3.05) is 0 Å². The number of pyridine rings is 1. The van der Waals surface area contributed by atoms with Gasteiger partial charge in [-0.1, -0.05) is 0 Å². The van der Waals surface area contributed by atoms with E-state index in [0.29, 0.717) is 0 Å². The van der Waals surface area contributed by atoms with Crippen LogP contribution in [0.5, 0.6) is 0 Å². The minimum Gasteiger partial charge on any atom is -0.265 e. The largest absolute Gasteiger partial charge is 0.265 e. The summed E-state index contributed by atoms with van der Waals surface area (Å²) < 4.78 is 0. The van der Waals surface area contributed by atoms with E-state index < -0.39 is 0 Å². The Morgan fingerprint density at radius 3 is 2.64 bits per heavy atom. The Bertz CT molecular complexity index is 313. The molecule has 0 aliphatic carbocycles. The maximum Gasteiger partial charge on any atom is 0.0449 e. The first-order chi connectivity index (χ1) is 5.47. The highest BCUT2D eigenvalue weighted by Crippen LogP contribution is 2.22. The minimum atomic E-state index is 1.21. The summed E-state index contributed by atoms with van der Waals surface area (Å²) in [4.78, 5) is 5.19. The van der Waals surface area contributed by atoms with E-state index in [2.05, 4.69) is 16.4 Å². The number of hydrogen-bond donors (Lipinski definition) is 0. The van der Waals surface area contributed by atoms with Crippen molar-refractivity contribution in [1.29, 1.82) is 0 Å². The van der Waals surface area contributed by atoms with Crippen LogP contribution in [-0.2, 0) is 0 Å². The molecule has 0 fully saturated rings. The Kier molecular flexibility index (Phi) is 1.69. The molecule has 0 amide bonds. The maximum absolute atomic E-state index is 3.95. The molecule has 11 heavy (non-hydrogen) atoms. The lowest BCUT2D eigenvalue weighted by Gasteiger charge is -1.92. The molecule has 1 nitrogen and oxygen atoms in total. The van der Waals surface area contributed by atoms with Crippen LogP contribution in [0.25, 0.3) is 10.4 Å². The lowest BCUT2D eigenvalue weighted by Crippen LogP contribution is -1.71. The fourth-order valence-corrected chi connectivity index (χ4v) is 1.57. The van der Waals surface area contributed by atoms with E-state index in [-0.39, 0.29) is 0 Å². The monoisotopic (exact) mass is 160 g/mol. The van der Waals surface area contributed by atoms with E-state index in [1.165, 1.54) is 10.4 Å². The van der Waals surface area contributed by atoms with Gasteiger partial charge in [-0.15, -0.1) is 11.3 Å². The summed E-state index contributed by atoms with van der Waals surface area (Å²) in [6, 6.07) is 7.99. The second-order valence-electron chi connectivity index (χ2n) is 2.15. The van der Waals surface area contributed by atoms with Crippen molar-refractivity contribution in [3.63, 3.8) is 0 Å². The average molecular weight is 160 g/mol. The van der Waals surface area contributed by atoms with Gasteiger partial charge in [0.05, 0.1) is 0 Å². The van der Waals surface area contributed by atoms with E-state index in [0.717, 1.165) is 0 Å². The molecule has 2 heteroatoms. The van der Waals surface area contributed by atoms with Crippen LogP contribution in [0.2, 0.25) is 0 Å². The quantitative estimate of drug-likeness (QED) is 0.625. The zero-order valence-corrected chi connectivity index (χ0v) is 6.64. The first-order valence-corrected chi connectivity index (χ1v) is 4.15. The van der Waals surface area contributed by atoms with Crippen molar-refractivity contribution < 1.29 is 0 Å². The van der Waals surface area contributed by atoms with Crippen LogP contribution < -0.4 is 0 Å². The first kappa shape index (κ1) is 6.55. The molecule has 0 aromatic carbocycles. The molecule has 2 rings (SSSR count). The normalized spacial score (nSPS) is 9.82. The molecule has 0 atom stereocenters. The number of aromatic nitrogens is 1. The van der Waals surface area contributed by atoms with E-state index in [1.54, 1.807) is 23.7 Å². The molecular weight excluding hydrogens is 154 g/mol. The van der Waals surface area contributed by atoms with E-state index in [9.17, 15) is 0 Å². The smallest absolute Gasteiger partial charge is 0.0449 e. The third kappa shape index (κ3) is 1.30. The van der Waals surface area contributed by atoms with Gasteiger partial charge in [0, 0.05) is 22.7 Å². The van der Waals surface area contributed by atoms with Gasteiger partial charge in [0.2, 0.25) is 0 Å². The number of rotatable bonds is 1. The van der Waals surface area contributed by atoms with Gasteiger partial charge < -0.3 is 0 Å². The molecule has 0 saturated carbocycles. The van der Waals surface area contributed by atoms with Crippen LogP contribution in [0.15, 0.2) is 36.7 Å². The Labute approximate surface area is 69.3 Å². The fourth-order valence-electron chi connectivity index (χ4n) is 0.913. The SMILES string of the molecule is [c]1ccc(-c2ccncc2)s1. The van der Waals surface area contributed by atoms with Gasteiger partial charge in [0.25, 0.3) is 0 Å². The molecule has 0 saturated heterocycles. The Morgan fingerprint density at radius 2 is 2.00 bits per heavy atom. The second kappa shape index (κ2) is 2.84. The summed E-state index contributed by atoms with van der Waals surface area (Å²) in [5.74, 6) is 0. The van der Waals surface area contributed by atoms with Crippen LogP contribution in [0.3, 0.4) is 0 Å². The number of nitrogens with zero attached hydrogens (tertiary/aromatic N) is 1. The van der Waals surface area contributed by atoms with Crippen molar-refractivity contribution >= 4 is 11.3 Å². The van der Waals surface area contributed by atoms with Crippen molar-refractivity contribution in [1.82, 2.24) is 4.98 Å². The highest BCUT2D eigenvalue weighted by atomic mass is 32.1. The zero-order chi connectivity index (χ0) is 7.52. The van der Waals surface area contributed by atoms with E-state index in [4.69, 9.17) is 0 Å². The van der Waals surface area contributed by atoms with Crippen molar-refractivity contribution in [3.05, 3.63) is 42.0 Å². The van der Waals surface area contributed by atoms with Crippen LogP contribution in [0.4, 0.5) is 0 Å². The van der Waals surface area contributed by atoms with Crippen LogP contribution in [-0.4, -0.2) is 4.98 Å². The van der Waals surface area contributed by atoms with Gasteiger partial charge in [0.15, 0.2) is 0 Å². The van der Waals surface area contributed by atoms with E-state index in [1.807, 2.05) is 18.2 Å². The lowest BCUT2D eigenvalue weighted by atomic mass is 10.2. The predicted octanol–water partition coefficient (Wildman–Crippen LogP) is 2.61. The molecule has 2 heterocycles. The Hall–Kier alpha value is -1.15. The van der Waals surface area contributed by atoms with Crippen molar-refractivity contribution in [2.45, 2.75) is 0 Å². The Morgan fingerprint density at radius 1 is 1.18 bits per heavy atom. The van der Waals surface area contributed by atoms with Gasteiger partial charge in [-0.3, -0.25) is 4.98 Å². The fraction of sp³-hybridized carbons (Fsp3) is 0. The summed E-state index contributed by atoms with van der Waals surface area (Å²) >= 11 is 1.62. The maximum atomic E-state index is 3.95. The molecule has 0 aliphatic heterocycles. The standard InChI is InChI=1S/C9H6NS/c1-2-9(11-7-1)8-3-5-10-6-4-8/h1-6H. The third-order valence-electron chi connectivity index (χ3n) is 1.44. The van der Waals surface area contributed by atoms with Gasteiger partial charge >= 0.3 is 0 Å². The summed E-state index contributed by atoms with van der Waals surface area (Å²) in [6.07, 6.45) is 3.60. The predicted molar refractivity (Wildman–Crippen MR) is 46.4 cm³/mol. The highest BCUT2D eigenvalue weighted by molar-refractivity contribution is 7.13. The highest BCUT2D eigenvalue weighted by Gasteiger charge is 1.94. The summed E-state index contributed by atoms with van der Waals surface area (Å²) in [5.41, 5.74) is 1.21. The molecule has 2 aromatic heterocycles. The molecule has 0 unspecified atom stereocenters. The van der Waals surface area contributed by atoms with Gasteiger partial charge in [-0.05, 0) is 29.8 Å². The average Bonchev–Trinajstić information content (AvgIpc) is 2.58. The number of hydrogen-bond acceptors (Lipinski definition) is 2. The lowest BCUT2D eigenvalue weighted by molar-refractivity contribution is 1.33. The molecule has 0 spiro atoms. The van der Waals surface area contributed by atoms with Crippen molar-refractivity contribution in [2.24, 2.45) is 0 Å². The summed E-state index contributed by atoms with van der Waals surface area (Å²) in [7, 11) is 0. The van der Waals surface area contributed by atoms with E-state index >= 15 is 0 Å². The molecule has 2 aromatic rings. The topological polar surface area (TPSA) is 12.9 Å². The summed E-state index contributed by atoms with van der Waals surface area (Å²) in [6.45, 7) is 0. The zero-order valence-electron chi connectivity index (χ0n) is 5.82. The molecular formula is C9H6NS. The summed E-state index contributed by atoms with van der Waals surface area (Å²) in [5, 5.41) is 3.05. The second-order valence-corrected chi connectivity index (χ2v) is 3.03. The van der Waals surface area contributed by atoms with Gasteiger partial charge in [-0.25, -0.2) is 0 Å². The van der Waals surface area contributed by atoms with Crippen LogP contribution in [0, 0.1) is 5.38 Å². The number of thiophene rings is 1. The molecule has 1 radical (unpaired) electrons. The Balaban J connectivity index is 2.46. The minimum absolute atomic E-state index is 1.21. The third-order valence-corrected chi connectivity index (χ3v) is 2.28. The molecule has 0 N–H and O–H groups in total. The van der Waals surface area contributed by atoms with Crippen molar-refractivity contribution in [3.8, 4) is 10.4 Å². The first-order valence-electron chi connectivity index (χ1n) is 3.33. The van der Waals surface area contributed by atoms with Crippen LogP contribution in [0.1, 0.15) is 0 Å².